The first-order valence-corrected chi connectivity index (χ1v) is 7.93. The molecule has 2 aromatic rings. The molecule has 2 N–H and O–H groups in total. The van der Waals surface area contributed by atoms with Crippen molar-refractivity contribution in [2.75, 3.05) is 17.3 Å². The Bertz CT molecular complexity index is 801. The summed E-state index contributed by atoms with van der Waals surface area (Å²) in [4.78, 5) is 25.3. The first kappa shape index (κ1) is 17.7. The van der Waals surface area contributed by atoms with E-state index in [1.807, 2.05) is 6.92 Å². The Morgan fingerprint density at radius 1 is 1.25 bits per heavy atom. The number of anilines is 2. The molecule has 5 nitrogen and oxygen atoms in total. The molecule has 2 aromatic carbocycles. The second-order valence-corrected chi connectivity index (χ2v) is 6.10. The molecule has 0 aliphatic rings. The molecule has 0 aliphatic heterocycles. The number of hydrogen-bond acceptors (Lipinski definition) is 3. The van der Waals surface area contributed by atoms with E-state index >= 15 is 0 Å². The van der Waals surface area contributed by atoms with Crippen LogP contribution in [0.3, 0.4) is 0 Å². The zero-order valence-electron chi connectivity index (χ0n) is 13.3. The fourth-order valence-electron chi connectivity index (χ4n) is 2.12. The van der Waals surface area contributed by atoms with E-state index in [-0.39, 0.29) is 17.6 Å². The molecule has 0 saturated carbocycles. The molecule has 0 fully saturated rings. The van der Waals surface area contributed by atoms with Crippen LogP contribution in [0.4, 0.5) is 11.4 Å². The van der Waals surface area contributed by atoms with E-state index in [4.69, 9.17) is 0 Å². The quantitative estimate of drug-likeness (QED) is 0.616. The number of nitrogens with one attached hydrogen (secondary N) is 1. The Kier molecular flexibility index (Phi) is 5.41. The maximum absolute atomic E-state index is 12.3. The Balaban J connectivity index is 2.19. The van der Waals surface area contributed by atoms with Crippen molar-refractivity contribution in [2.24, 2.45) is 0 Å². The highest BCUT2D eigenvalue weighted by Crippen LogP contribution is 2.33. The lowest BCUT2D eigenvalue weighted by Gasteiger charge is -2.15. The Labute approximate surface area is 148 Å². The van der Waals surface area contributed by atoms with Gasteiger partial charge in [-0.15, -0.1) is 0 Å². The first-order valence-electron chi connectivity index (χ1n) is 7.14. The number of phenols is 1. The highest BCUT2D eigenvalue weighted by Gasteiger charge is 2.13. The van der Waals surface area contributed by atoms with Crippen LogP contribution in [-0.2, 0) is 4.79 Å². The minimum Gasteiger partial charge on any atom is -0.505 e. The Morgan fingerprint density at radius 2 is 1.88 bits per heavy atom. The van der Waals surface area contributed by atoms with Gasteiger partial charge in [0.25, 0.3) is 5.91 Å². The number of aromatic hydroxyl groups is 1. The third-order valence-electron chi connectivity index (χ3n) is 3.48. The highest BCUT2D eigenvalue weighted by atomic mass is 79.9. The zero-order chi connectivity index (χ0) is 17.9. The second-order valence-electron chi connectivity index (χ2n) is 5.25. The summed E-state index contributed by atoms with van der Waals surface area (Å²) in [6.45, 7) is 5.30. The van der Waals surface area contributed by atoms with Gasteiger partial charge in [0, 0.05) is 18.3 Å². The van der Waals surface area contributed by atoms with Crippen molar-refractivity contribution in [1.82, 2.24) is 0 Å². The normalized spacial score (nSPS) is 10.1. The molecule has 0 unspecified atom stereocenters. The van der Waals surface area contributed by atoms with Crippen LogP contribution >= 0.6 is 15.9 Å². The number of likely N-dealkylation sites (N-methyl/N-ethyl adjacent to an activating group) is 1. The van der Waals surface area contributed by atoms with E-state index in [9.17, 15) is 14.7 Å². The van der Waals surface area contributed by atoms with Gasteiger partial charge < -0.3 is 15.3 Å². The number of aryl methyl sites for hydroxylation is 1. The lowest BCUT2D eigenvalue weighted by Crippen LogP contribution is -2.23. The summed E-state index contributed by atoms with van der Waals surface area (Å²) in [5.74, 6) is -0.615. The van der Waals surface area contributed by atoms with E-state index in [2.05, 4.69) is 27.8 Å². The highest BCUT2D eigenvalue weighted by molar-refractivity contribution is 9.10. The van der Waals surface area contributed by atoms with Crippen molar-refractivity contribution in [3.8, 4) is 5.75 Å². The molecule has 0 aliphatic carbocycles. The van der Waals surface area contributed by atoms with Gasteiger partial charge >= 0.3 is 0 Å². The summed E-state index contributed by atoms with van der Waals surface area (Å²) in [6, 6.07) is 10.00. The zero-order valence-corrected chi connectivity index (χ0v) is 14.9. The van der Waals surface area contributed by atoms with Gasteiger partial charge in [0.2, 0.25) is 5.91 Å². The van der Waals surface area contributed by atoms with Crippen molar-refractivity contribution in [1.29, 1.82) is 0 Å². The number of benzene rings is 2. The Morgan fingerprint density at radius 3 is 2.46 bits per heavy atom. The van der Waals surface area contributed by atoms with Crippen molar-refractivity contribution >= 4 is 39.1 Å². The number of carbonyl (C=O) groups is 2. The number of amides is 2. The number of hydrogen-bond donors (Lipinski definition) is 2. The van der Waals surface area contributed by atoms with Crippen molar-refractivity contribution in [3.63, 3.8) is 0 Å². The molecule has 6 heteroatoms. The lowest BCUT2D eigenvalue weighted by atomic mass is 10.1. The van der Waals surface area contributed by atoms with Gasteiger partial charge in [-0.25, -0.2) is 0 Å². The molecule has 0 radical (unpaired) electrons. The van der Waals surface area contributed by atoms with E-state index in [1.54, 1.807) is 43.4 Å². The largest absolute Gasteiger partial charge is 0.505 e. The van der Waals surface area contributed by atoms with Crippen molar-refractivity contribution in [3.05, 3.63) is 64.7 Å². The summed E-state index contributed by atoms with van der Waals surface area (Å²) in [7, 11) is 1.63. The monoisotopic (exact) mass is 388 g/mol. The molecule has 2 amide bonds. The molecule has 0 saturated heterocycles. The van der Waals surface area contributed by atoms with Gasteiger partial charge in [-0.05, 0) is 70.9 Å². The van der Waals surface area contributed by atoms with Crippen LogP contribution in [0.25, 0.3) is 0 Å². The van der Waals surface area contributed by atoms with E-state index < -0.39 is 0 Å². The van der Waals surface area contributed by atoms with Crippen LogP contribution in [-0.4, -0.2) is 24.0 Å². The number of carbonyl (C=O) groups excluding carboxylic acids is 2. The van der Waals surface area contributed by atoms with E-state index in [0.717, 1.165) is 5.56 Å². The van der Waals surface area contributed by atoms with Gasteiger partial charge in [-0.1, -0.05) is 6.58 Å². The molecule has 0 aromatic heterocycles. The van der Waals surface area contributed by atoms with Gasteiger partial charge in [-0.2, -0.15) is 0 Å². The molecule has 0 spiro atoms. The van der Waals surface area contributed by atoms with Crippen LogP contribution in [0.2, 0.25) is 0 Å². The summed E-state index contributed by atoms with van der Waals surface area (Å²) in [5, 5.41) is 12.7. The smallest absolute Gasteiger partial charge is 0.255 e. The van der Waals surface area contributed by atoms with E-state index in [0.29, 0.717) is 21.4 Å². The maximum atomic E-state index is 12.3. The number of phenolic OH excluding ortho intramolecular Hbond substituents is 1. The van der Waals surface area contributed by atoms with Crippen LogP contribution in [0.5, 0.6) is 5.75 Å². The van der Waals surface area contributed by atoms with Gasteiger partial charge in [0.05, 0.1) is 10.2 Å². The maximum Gasteiger partial charge on any atom is 0.255 e. The lowest BCUT2D eigenvalue weighted by molar-refractivity contribution is -0.113. The van der Waals surface area contributed by atoms with Crippen molar-refractivity contribution < 1.29 is 14.7 Å². The fourth-order valence-corrected chi connectivity index (χ4v) is 2.70. The first-order chi connectivity index (χ1) is 11.3. The topological polar surface area (TPSA) is 69.6 Å². The molecule has 124 valence electrons. The summed E-state index contributed by atoms with van der Waals surface area (Å²) < 4.78 is 0.512. The van der Waals surface area contributed by atoms with Crippen molar-refractivity contribution in [2.45, 2.75) is 6.92 Å². The minimum absolute atomic E-state index is 0.0260. The van der Waals surface area contributed by atoms with Gasteiger partial charge in [0.15, 0.2) is 5.75 Å². The Hall–Kier alpha value is -2.60. The van der Waals surface area contributed by atoms with Crippen LogP contribution in [0, 0.1) is 6.92 Å². The molecular weight excluding hydrogens is 372 g/mol. The number of halogens is 1. The second kappa shape index (κ2) is 7.31. The van der Waals surface area contributed by atoms with Gasteiger partial charge in [-0.3, -0.25) is 9.59 Å². The van der Waals surface area contributed by atoms with Crippen LogP contribution < -0.4 is 10.2 Å². The molecule has 0 bridgehead atoms. The fraction of sp³-hybridized carbons (Fsp3) is 0.111. The SMILES string of the molecule is C=CC(=O)N(C)c1ccc(C(=O)Nc2cc(C)cc(Br)c2O)cc1. The van der Waals surface area contributed by atoms with Crippen LogP contribution in [0.15, 0.2) is 53.5 Å². The average Bonchev–Trinajstić information content (AvgIpc) is 2.57. The molecule has 0 heterocycles. The minimum atomic E-state index is -0.355. The average molecular weight is 389 g/mol. The summed E-state index contributed by atoms with van der Waals surface area (Å²) in [6.07, 6.45) is 1.22. The predicted octanol–water partition coefficient (Wildman–Crippen LogP) is 3.86. The molecule has 0 atom stereocenters. The van der Waals surface area contributed by atoms with Crippen LogP contribution in [0.1, 0.15) is 15.9 Å². The third-order valence-corrected chi connectivity index (χ3v) is 4.08. The third kappa shape index (κ3) is 3.83. The molecular formula is C18H17BrN2O3. The number of rotatable bonds is 4. The van der Waals surface area contributed by atoms with Gasteiger partial charge in [0.1, 0.15) is 0 Å². The number of nitrogens with zero attached hydrogens (tertiary/aromatic N) is 1. The molecule has 24 heavy (non-hydrogen) atoms. The predicted molar refractivity (Wildman–Crippen MR) is 98.5 cm³/mol. The summed E-state index contributed by atoms with van der Waals surface area (Å²) in [5.41, 5.74) is 2.29. The molecule has 2 rings (SSSR count). The standard InChI is InChI=1S/C18H17BrN2O3/c1-4-16(22)21(3)13-7-5-12(6-8-13)18(24)20-15-10-11(2)9-14(19)17(15)23/h4-10,23H,1H2,2-3H3,(H,20,24). The summed E-state index contributed by atoms with van der Waals surface area (Å²) >= 11 is 3.24. The van der Waals surface area contributed by atoms with E-state index in [1.165, 1.54) is 11.0 Å².